The Morgan fingerprint density at radius 1 is 1.36 bits per heavy atom. The van der Waals surface area contributed by atoms with Gasteiger partial charge < -0.3 is 14.5 Å². The van der Waals surface area contributed by atoms with E-state index in [2.05, 4.69) is 10.2 Å². The average Bonchev–Trinajstić information content (AvgIpc) is 3.17. The van der Waals surface area contributed by atoms with Crippen molar-refractivity contribution in [3.05, 3.63) is 23.7 Å². The van der Waals surface area contributed by atoms with E-state index in [1.807, 2.05) is 32.9 Å². The van der Waals surface area contributed by atoms with Gasteiger partial charge in [-0.3, -0.25) is 9.69 Å². The van der Waals surface area contributed by atoms with Gasteiger partial charge in [-0.1, -0.05) is 6.92 Å². The van der Waals surface area contributed by atoms with Crippen LogP contribution in [0.1, 0.15) is 50.7 Å². The number of hydrogen-bond acceptors (Lipinski definition) is 4. The number of ether oxygens (including phenoxy) is 1. The smallest absolute Gasteiger partial charge is 0.249 e. The second-order valence-electron chi connectivity index (χ2n) is 5.80. The highest BCUT2D eigenvalue weighted by Gasteiger charge is 2.27. The largest absolute Gasteiger partial charge is 0.465 e. The lowest BCUT2D eigenvalue weighted by atomic mass is 10.2. The van der Waals surface area contributed by atoms with Crippen LogP contribution in [0.5, 0.6) is 0 Å². The Hall–Kier alpha value is -1.33. The lowest BCUT2D eigenvalue weighted by Gasteiger charge is -2.26. The summed E-state index contributed by atoms with van der Waals surface area (Å²) in [6, 6.07) is 4.11. The second-order valence-corrected chi connectivity index (χ2v) is 5.80. The van der Waals surface area contributed by atoms with Crippen LogP contribution in [-0.2, 0) is 9.53 Å². The maximum absolute atomic E-state index is 12.2. The molecule has 2 atom stereocenters. The van der Waals surface area contributed by atoms with Crippen molar-refractivity contribution in [3.8, 4) is 0 Å². The number of furan rings is 1. The van der Waals surface area contributed by atoms with Crippen LogP contribution in [0, 0.1) is 6.92 Å². The molecular weight excluding hydrogens is 280 g/mol. The first kappa shape index (κ1) is 17.0. The Kier molecular flexibility index (Phi) is 6.46. The van der Waals surface area contributed by atoms with Crippen LogP contribution in [0.15, 0.2) is 16.5 Å². The highest BCUT2D eigenvalue weighted by molar-refractivity contribution is 5.80. The monoisotopic (exact) mass is 308 g/mol. The molecule has 2 rings (SSSR count). The highest BCUT2D eigenvalue weighted by atomic mass is 16.5. The summed E-state index contributed by atoms with van der Waals surface area (Å²) in [5, 5.41) is 3.04. The summed E-state index contributed by atoms with van der Waals surface area (Å²) in [6.07, 6.45) is 2.75. The third kappa shape index (κ3) is 4.34. The van der Waals surface area contributed by atoms with Gasteiger partial charge in [0.2, 0.25) is 5.91 Å². The summed E-state index contributed by atoms with van der Waals surface area (Å²) in [7, 11) is 0. The highest BCUT2D eigenvalue weighted by Crippen LogP contribution is 2.26. The molecule has 0 spiro atoms. The summed E-state index contributed by atoms with van der Waals surface area (Å²) < 4.78 is 11.3. The molecule has 22 heavy (non-hydrogen) atoms. The zero-order valence-corrected chi connectivity index (χ0v) is 13.9. The van der Waals surface area contributed by atoms with E-state index in [0.29, 0.717) is 19.6 Å². The van der Waals surface area contributed by atoms with Crippen LogP contribution in [0.2, 0.25) is 0 Å². The Morgan fingerprint density at radius 3 is 2.64 bits per heavy atom. The summed E-state index contributed by atoms with van der Waals surface area (Å²) >= 11 is 0. The summed E-state index contributed by atoms with van der Waals surface area (Å²) in [5.41, 5.74) is 0. The molecule has 1 fully saturated rings. The van der Waals surface area contributed by atoms with Gasteiger partial charge in [0.1, 0.15) is 17.6 Å². The molecule has 0 aromatic carbocycles. The van der Waals surface area contributed by atoms with Crippen molar-refractivity contribution >= 4 is 5.91 Å². The van der Waals surface area contributed by atoms with Crippen LogP contribution in [0.4, 0.5) is 0 Å². The minimum absolute atomic E-state index is 0.0307. The fourth-order valence-corrected chi connectivity index (χ4v) is 2.99. The van der Waals surface area contributed by atoms with Crippen LogP contribution in [0.25, 0.3) is 0 Å². The fraction of sp³-hybridized carbons (Fsp3) is 0.706. The van der Waals surface area contributed by atoms with Crippen molar-refractivity contribution in [2.45, 2.75) is 52.2 Å². The van der Waals surface area contributed by atoms with Gasteiger partial charge in [0.05, 0.1) is 6.04 Å². The Labute approximate surface area is 133 Å². The Bertz CT molecular complexity index is 466. The molecule has 1 aromatic heterocycles. The molecule has 0 unspecified atom stereocenters. The van der Waals surface area contributed by atoms with Gasteiger partial charge in [-0.2, -0.15) is 0 Å². The van der Waals surface area contributed by atoms with E-state index in [4.69, 9.17) is 9.15 Å². The number of nitrogens with zero attached hydrogens (tertiary/aromatic N) is 1. The molecule has 5 heteroatoms. The second kappa shape index (κ2) is 8.34. The number of hydrogen-bond donors (Lipinski definition) is 1. The normalized spacial score (nSPS) is 18.3. The number of nitrogens with one attached hydrogen (secondary N) is 1. The van der Waals surface area contributed by atoms with E-state index < -0.39 is 0 Å². The predicted octanol–water partition coefficient (Wildman–Crippen LogP) is 2.66. The molecule has 1 N–H and O–H groups in total. The van der Waals surface area contributed by atoms with Gasteiger partial charge in [0, 0.05) is 13.2 Å². The van der Waals surface area contributed by atoms with E-state index in [-0.39, 0.29) is 18.1 Å². The van der Waals surface area contributed by atoms with Gasteiger partial charge in [-0.25, -0.2) is 0 Å². The maximum atomic E-state index is 12.2. The molecule has 1 aliphatic rings. The summed E-state index contributed by atoms with van der Waals surface area (Å²) in [4.78, 5) is 14.6. The van der Waals surface area contributed by atoms with E-state index in [1.54, 1.807) is 0 Å². The van der Waals surface area contributed by atoms with Crippen LogP contribution < -0.4 is 5.32 Å². The number of aryl methyl sites for hydroxylation is 1. The van der Waals surface area contributed by atoms with Crippen LogP contribution in [0.3, 0.4) is 0 Å². The number of rotatable bonds is 8. The number of carbonyl (C=O) groups is 1. The van der Waals surface area contributed by atoms with Gasteiger partial charge >= 0.3 is 0 Å². The SMILES string of the molecule is CCO[C@@H](CC)C(=O)NC[C@@H](c1ccc(C)o1)N1CCCC1. The van der Waals surface area contributed by atoms with E-state index in [9.17, 15) is 4.79 Å². The Balaban J connectivity index is 1.99. The van der Waals surface area contributed by atoms with E-state index in [1.165, 1.54) is 12.8 Å². The van der Waals surface area contributed by atoms with Gasteiger partial charge in [0.15, 0.2) is 0 Å². The average molecular weight is 308 g/mol. The fourth-order valence-electron chi connectivity index (χ4n) is 2.99. The summed E-state index contributed by atoms with van der Waals surface area (Å²) in [5.74, 6) is 1.81. The van der Waals surface area contributed by atoms with Gasteiger partial charge in [-0.15, -0.1) is 0 Å². The molecule has 124 valence electrons. The van der Waals surface area contributed by atoms with Crippen molar-refractivity contribution in [2.75, 3.05) is 26.2 Å². The third-order valence-electron chi connectivity index (χ3n) is 4.17. The van der Waals surface area contributed by atoms with E-state index in [0.717, 1.165) is 24.6 Å². The zero-order valence-electron chi connectivity index (χ0n) is 13.9. The lowest BCUT2D eigenvalue weighted by Crippen LogP contribution is -2.41. The molecule has 5 nitrogen and oxygen atoms in total. The Morgan fingerprint density at radius 2 is 2.09 bits per heavy atom. The van der Waals surface area contributed by atoms with Crippen molar-refractivity contribution < 1.29 is 13.9 Å². The molecule has 0 saturated carbocycles. The number of likely N-dealkylation sites (tertiary alicyclic amines) is 1. The quantitative estimate of drug-likeness (QED) is 0.802. The molecule has 0 bridgehead atoms. The lowest BCUT2D eigenvalue weighted by molar-refractivity contribution is -0.133. The standard InChI is InChI=1S/C17H28N2O3/c1-4-15(21-5-2)17(20)18-12-14(19-10-6-7-11-19)16-9-8-13(3)22-16/h8-9,14-15H,4-7,10-12H2,1-3H3,(H,18,20)/t14-,15-/m0/s1. The minimum atomic E-state index is -0.359. The van der Waals surface area contributed by atoms with Gasteiger partial charge in [-0.05, 0) is 58.3 Å². The molecule has 2 heterocycles. The molecule has 0 radical (unpaired) electrons. The molecule has 1 aromatic rings. The summed E-state index contributed by atoms with van der Waals surface area (Å²) in [6.45, 7) is 9.06. The molecule has 1 aliphatic heterocycles. The minimum Gasteiger partial charge on any atom is -0.465 e. The van der Waals surface area contributed by atoms with Crippen molar-refractivity contribution in [1.29, 1.82) is 0 Å². The van der Waals surface area contributed by atoms with Crippen LogP contribution in [-0.4, -0.2) is 43.2 Å². The predicted molar refractivity (Wildman–Crippen MR) is 85.7 cm³/mol. The first-order valence-electron chi connectivity index (χ1n) is 8.35. The topological polar surface area (TPSA) is 54.7 Å². The first-order valence-corrected chi connectivity index (χ1v) is 8.35. The van der Waals surface area contributed by atoms with E-state index >= 15 is 0 Å². The molecular formula is C17H28N2O3. The maximum Gasteiger partial charge on any atom is 0.249 e. The third-order valence-corrected chi connectivity index (χ3v) is 4.17. The molecule has 1 amide bonds. The molecule has 0 aliphatic carbocycles. The zero-order chi connectivity index (χ0) is 15.9. The number of carbonyl (C=O) groups excluding carboxylic acids is 1. The van der Waals surface area contributed by atoms with Crippen molar-refractivity contribution in [1.82, 2.24) is 10.2 Å². The van der Waals surface area contributed by atoms with Crippen molar-refractivity contribution in [3.63, 3.8) is 0 Å². The van der Waals surface area contributed by atoms with Gasteiger partial charge in [0.25, 0.3) is 0 Å². The number of amides is 1. The van der Waals surface area contributed by atoms with Crippen molar-refractivity contribution in [2.24, 2.45) is 0 Å². The van der Waals surface area contributed by atoms with Crippen LogP contribution >= 0.6 is 0 Å². The molecule has 1 saturated heterocycles. The first-order chi connectivity index (χ1) is 10.7.